The molecule has 0 unspecified atom stereocenters. The second-order valence-electron chi connectivity index (χ2n) is 1.68. The molecule has 4 heteroatoms. The molecule has 0 heterocycles. The normalized spacial score (nSPS) is 10.0. The molecular weight excluding hydrogens is 533 g/mol. The van der Waals surface area contributed by atoms with E-state index in [1.165, 1.54) is 15.2 Å². The van der Waals surface area contributed by atoms with Gasteiger partial charge in [-0.15, -0.1) is 0 Å². The second-order valence-corrected chi connectivity index (χ2v) is 6.05. The predicted octanol–water partition coefficient (Wildman–Crippen LogP) is 4.26. The smallest absolute Gasteiger partial charge is 0.0443 e. The first kappa shape index (κ1) is 9.97. The average Bonchev–Trinajstić information content (AvgIpc) is 1.82. The zero-order chi connectivity index (χ0) is 7.72. The molecule has 0 aliphatic carbocycles. The minimum Gasteiger partial charge on any atom is -0.0485 e. The lowest BCUT2D eigenvalue weighted by atomic mass is 10.4. The van der Waals surface area contributed by atoms with Crippen molar-refractivity contribution in [1.82, 2.24) is 0 Å². The maximum atomic E-state index is 3.49. The van der Waals surface area contributed by atoms with E-state index in [1.807, 2.05) is 0 Å². The van der Waals surface area contributed by atoms with Crippen LogP contribution >= 0.6 is 83.7 Å². The summed E-state index contributed by atoms with van der Waals surface area (Å²) in [5, 5.41) is 0. The van der Waals surface area contributed by atoms with Crippen LogP contribution in [0.1, 0.15) is 0 Å². The Balaban J connectivity index is 3.31. The quantitative estimate of drug-likeness (QED) is 0.265. The van der Waals surface area contributed by atoms with Crippen LogP contribution in [0.2, 0.25) is 0 Å². The van der Waals surface area contributed by atoms with Crippen LogP contribution in [0.15, 0.2) is 16.6 Å². The topological polar surface area (TPSA) is 0 Å². The fraction of sp³-hybridized carbons (Fsp3) is 0. The third-order valence-corrected chi connectivity index (χ3v) is 5.61. The van der Waals surface area contributed by atoms with Crippen molar-refractivity contribution in [3.8, 4) is 0 Å². The molecule has 0 radical (unpaired) electrons. The first-order chi connectivity index (χ1) is 4.61. The predicted molar refractivity (Wildman–Crippen MR) is 72.3 cm³/mol. The van der Waals surface area contributed by atoms with Gasteiger partial charge in [0.25, 0.3) is 0 Å². The highest BCUT2D eigenvalue weighted by molar-refractivity contribution is 14.1. The Kier molecular flexibility index (Phi) is 4.21. The van der Waals surface area contributed by atoms with Crippen LogP contribution in [0.5, 0.6) is 0 Å². The standard InChI is InChI=1S/C6H2BrI3/c7-6-4(9)1-3(8)2-5(6)10/h1-2H. The Morgan fingerprint density at radius 3 is 1.80 bits per heavy atom. The largest absolute Gasteiger partial charge is 0.0485 e. The molecule has 0 amide bonds. The van der Waals surface area contributed by atoms with Crippen LogP contribution in [0, 0.1) is 10.7 Å². The number of hydrogen-bond donors (Lipinski definition) is 0. The molecular formula is C6H2BrI3. The monoisotopic (exact) mass is 534 g/mol. The van der Waals surface area contributed by atoms with Crippen LogP contribution in [0.25, 0.3) is 0 Å². The maximum absolute atomic E-state index is 3.49. The van der Waals surface area contributed by atoms with E-state index >= 15 is 0 Å². The maximum Gasteiger partial charge on any atom is 0.0443 e. The summed E-state index contributed by atoms with van der Waals surface area (Å²) in [4.78, 5) is 0. The third kappa shape index (κ3) is 2.44. The van der Waals surface area contributed by atoms with Crippen LogP contribution in [0.4, 0.5) is 0 Å². The van der Waals surface area contributed by atoms with Gasteiger partial charge in [-0.25, -0.2) is 0 Å². The Hall–Kier alpha value is 1.89. The molecule has 10 heavy (non-hydrogen) atoms. The number of hydrogen-bond acceptors (Lipinski definition) is 0. The highest BCUT2D eigenvalue weighted by Gasteiger charge is 2.01. The summed E-state index contributed by atoms with van der Waals surface area (Å²) in [6, 6.07) is 4.29. The van der Waals surface area contributed by atoms with Gasteiger partial charge in [0.2, 0.25) is 0 Å². The lowest BCUT2D eigenvalue weighted by molar-refractivity contribution is 1.49. The van der Waals surface area contributed by atoms with E-state index in [4.69, 9.17) is 0 Å². The molecule has 1 aromatic carbocycles. The number of benzene rings is 1. The molecule has 54 valence electrons. The Morgan fingerprint density at radius 2 is 1.40 bits per heavy atom. The van der Waals surface area contributed by atoms with Crippen molar-refractivity contribution < 1.29 is 0 Å². The fourth-order valence-electron chi connectivity index (χ4n) is 0.525. The molecule has 0 saturated heterocycles. The molecule has 0 N–H and O–H groups in total. The Morgan fingerprint density at radius 1 is 1.00 bits per heavy atom. The van der Waals surface area contributed by atoms with E-state index in [9.17, 15) is 0 Å². The van der Waals surface area contributed by atoms with Gasteiger partial charge in [0.1, 0.15) is 0 Å². The molecule has 0 saturated carbocycles. The molecule has 0 fully saturated rings. The Bertz CT molecular complexity index is 236. The van der Waals surface area contributed by atoms with E-state index in [0.717, 1.165) is 0 Å². The molecule has 0 aliphatic rings. The summed E-state index contributed by atoms with van der Waals surface area (Å²) in [5.41, 5.74) is 0. The van der Waals surface area contributed by atoms with Crippen LogP contribution in [-0.4, -0.2) is 0 Å². The second kappa shape index (κ2) is 4.22. The molecule has 1 aromatic rings. The van der Waals surface area contributed by atoms with E-state index < -0.39 is 0 Å². The van der Waals surface area contributed by atoms with Gasteiger partial charge in [-0.1, -0.05) is 0 Å². The van der Waals surface area contributed by atoms with E-state index in [-0.39, 0.29) is 0 Å². The highest BCUT2D eigenvalue weighted by atomic mass is 127. The van der Waals surface area contributed by atoms with Crippen molar-refractivity contribution in [2.24, 2.45) is 0 Å². The van der Waals surface area contributed by atoms with Gasteiger partial charge in [0.05, 0.1) is 0 Å². The molecule has 0 nitrogen and oxygen atoms in total. The zero-order valence-corrected chi connectivity index (χ0v) is 12.7. The van der Waals surface area contributed by atoms with Gasteiger partial charge < -0.3 is 0 Å². The van der Waals surface area contributed by atoms with Gasteiger partial charge in [-0.3, -0.25) is 0 Å². The minimum atomic E-state index is 1.20. The van der Waals surface area contributed by atoms with Gasteiger partial charge in [-0.05, 0) is 95.8 Å². The lowest BCUT2D eigenvalue weighted by Gasteiger charge is -1.99. The van der Waals surface area contributed by atoms with Crippen molar-refractivity contribution in [3.63, 3.8) is 0 Å². The van der Waals surface area contributed by atoms with Gasteiger partial charge >= 0.3 is 0 Å². The summed E-state index contributed by atoms with van der Waals surface area (Å²) in [6.07, 6.45) is 0. The van der Waals surface area contributed by atoms with E-state index in [2.05, 4.69) is 95.8 Å². The molecule has 0 aromatic heterocycles. The minimum absolute atomic E-state index is 1.20. The van der Waals surface area contributed by atoms with Gasteiger partial charge in [-0.2, -0.15) is 0 Å². The van der Waals surface area contributed by atoms with E-state index in [0.29, 0.717) is 0 Å². The first-order valence-corrected chi connectivity index (χ1v) is 6.44. The van der Waals surface area contributed by atoms with Crippen molar-refractivity contribution in [2.75, 3.05) is 0 Å². The summed E-state index contributed by atoms with van der Waals surface area (Å²) in [6.45, 7) is 0. The Labute approximate surface area is 109 Å². The van der Waals surface area contributed by atoms with Gasteiger partial charge in [0, 0.05) is 15.2 Å². The highest BCUT2D eigenvalue weighted by Crippen LogP contribution is 2.26. The van der Waals surface area contributed by atoms with Gasteiger partial charge in [0.15, 0.2) is 0 Å². The number of halogens is 4. The molecule has 0 atom stereocenters. The van der Waals surface area contributed by atoms with Crippen LogP contribution < -0.4 is 0 Å². The number of rotatable bonds is 0. The first-order valence-electron chi connectivity index (χ1n) is 2.41. The molecule has 0 spiro atoms. The van der Waals surface area contributed by atoms with Crippen molar-refractivity contribution in [1.29, 1.82) is 0 Å². The van der Waals surface area contributed by atoms with Crippen molar-refractivity contribution in [3.05, 3.63) is 27.3 Å². The SMILES string of the molecule is Brc1c(I)cc(I)cc1I. The van der Waals surface area contributed by atoms with Crippen LogP contribution in [0.3, 0.4) is 0 Å². The lowest BCUT2D eigenvalue weighted by Crippen LogP contribution is -1.82. The van der Waals surface area contributed by atoms with E-state index in [1.54, 1.807) is 0 Å². The van der Waals surface area contributed by atoms with Crippen LogP contribution in [-0.2, 0) is 0 Å². The average molecular weight is 535 g/mol. The molecule has 0 aliphatic heterocycles. The summed E-state index contributed by atoms with van der Waals surface area (Å²) in [7, 11) is 0. The zero-order valence-electron chi connectivity index (χ0n) is 4.67. The van der Waals surface area contributed by atoms with Crippen molar-refractivity contribution >= 4 is 83.7 Å². The third-order valence-electron chi connectivity index (χ3n) is 0.949. The summed E-state index contributed by atoms with van der Waals surface area (Å²) >= 11 is 10.5. The molecule has 1 rings (SSSR count). The molecule has 0 bridgehead atoms. The fourth-order valence-corrected chi connectivity index (χ4v) is 4.34. The summed E-state index contributed by atoms with van der Waals surface area (Å²) in [5.74, 6) is 0. The van der Waals surface area contributed by atoms with Crippen molar-refractivity contribution in [2.45, 2.75) is 0 Å². The summed E-state index contributed by atoms with van der Waals surface area (Å²) < 4.78 is 5.03.